The third-order valence-corrected chi connectivity index (χ3v) is 0.481. The molecule has 0 amide bonds. The molecule has 0 aliphatic heterocycles. The minimum atomic E-state index is -1.34. The summed E-state index contributed by atoms with van der Waals surface area (Å²) < 4.78 is 22.4. The Bertz CT molecular complexity index is 24.7. The van der Waals surface area contributed by atoms with Crippen LogP contribution in [0.25, 0.3) is 0 Å². The Kier molecular flexibility index (Phi) is 2.99. The van der Waals surface area contributed by atoms with Gasteiger partial charge in [0.15, 0.2) is 0 Å². The minimum absolute atomic E-state index is 0.0382. The lowest BCUT2D eigenvalue weighted by Gasteiger charge is -1.91. The average Bonchev–Trinajstić information content (AvgIpc) is 1.65. The Morgan fingerprint density at radius 1 is 1.67 bits per heavy atom. The normalized spacial score (nSPS) is 14.5. The first-order valence-corrected chi connectivity index (χ1v) is 1.80. The van der Waals surface area contributed by atoms with E-state index in [-0.39, 0.29) is 6.42 Å². The van der Waals surface area contributed by atoms with Crippen LogP contribution in [0.15, 0.2) is 0 Å². The molecule has 0 saturated heterocycles. The standard InChI is InChI=1S/C4H7F2/c1-2-4(6)3-5/h4H,1-3H2. The molecule has 0 heterocycles. The van der Waals surface area contributed by atoms with E-state index in [1.807, 2.05) is 0 Å². The van der Waals surface area contributed by atoms with E-state index in [2.05, 4.69) is 6.92 Å². The Labute approximate surface area is 36.2 Å². The van der Waals surface area contributed by atoms with Crippen molar-refractivity contribution in [1.82, 2.24) is 0 Å². The van der Waals surface area contributed by atoms with Gasteiger partial charge < -0.3 is 0 Å². The average molecular weight is 93.1 g/mol. The van der Waals surface area contributed by atoms with Crippen molar-refractivity contribution in [2.45, 2.75) is 12.6 Å². The lowest BCUT2D eigenvalue weighted by atomic mass is 10.3. The largest absolute Gasteiger partial charge is 0.248 e. The van der Waals surface area contributed by atoms with Crippen molar-refractivity contribution >= 4 is 0 Å². The zero-order valence-corrected chi connectivity index (χ0v) is 3.45. The van der Waals surface area contributed by atoms with E-state index in [9.17, 15) is 8.78 Å². The van der Waals surface area contributed by atoms with Gasteiger partial charge in [-0.05, 0) is 6.42 Å². The Hall–Kier alpha value is -0.140. The van der Waals surface area contributed by atoms with Gasteiger partial charge in [-0.3, -0.25) is 0 Å². The number of alkyl halides is 2. The molecular weight excluding hydrogens is 86.0 g/mol. The quantitative estimate of drug-likeness (QED) is 0.485. The molecule has 0 aliphatic rings. The SMILES string of the molecule is [CH2]CC(F)CF. The molecule has 0 saturated carbocycles. The van der Waals surface area contributed by atoms with Gasteiger partial charge >= 0.3 is 0 Å². The van der Waals surface area contributed by atoms with Crippen molar-refractivity contribution in [2.24, 2.45) is 0 Å². The van der Waals surface area contributed by atoms with Gasteiger partial charge in [0, 0.05) is 0 Å². The molecule has 0 aromatic heterocycles. The van der Waals surface area contributed by atoms with Crippen molar-refractivity contribution in [1.29, 1.82) is 0 Å². The Balaban J connectivity index is 2.75. The zero-order valence-electron chi connectivity index (χ0n) is 3.45. The fraction of sp³-hybridized carbons (Fsp3) is 0.750. The Morgan fingerprint density at radius 2 is 2.17 bits per heavy atom. The molecule has 0 spiro atoms. The molecule has 0 rings (SSSR count). The summed E-state index contributed by atoms with van der Waals surface area (Å²) >= 11 is 0. The maximum atomic E-state index is 11.4. The fourth-order valence-electron chi connectivity index (χ4n) is 0.0772. The number of halogens is 2. The van der Waals surface area contributed by atoms with E-state index in [0.29, 0.717) is 0 Å². The second-order valence-corrected chi connectivity index (χ2v) is 1.04. The van der Waals surface area contributed by atoms with Crippen LogP contribution in [0.2, 0.25) is 0 Å². The fourth-order valence-corrected chi connectivity index (χ4v) is 0.0772. The molecule has 1 radical (unpaired) electrons. The van der Waals surface area contributed by atoms with Gasteiger partial charge in [-0.2, -0.15) is 0 Å². The van der Waals surface area contributed by atoms with Crippen LogP contribution in [0.1, 0.15) is 6.42 Å². The highest BCUT2D eigenvalue weighted by Gasteiger charge is 1.97. The van der Waals surface area contributed by atoms with Gasteiger partial charge in [-0.15, -0.1) is 0 Å². The van der Waals surface area contributed by atoms with Gasteiger partial charge in [0.1, 0.15) is 12.8 Å². The summed E-state index contributed by atoms with van der Waals surface area (Å²) in [6.45, 7) is 2.24. The summed E-state index contributed by atoms with van der Waals surface area (Å²) in [5.41, 5.74) is 0. The van der Waals surface area contributed by atoms with E-state index in [1.165, 1.54) is 0 Å². The predicted octanol–water partition coefficient (Wildman–Crippen LogP) is 1.52. The lowest BCUT2D eigenvalue weighted by molar-refractivity contribution is 0.262. The summed E-state index contributed by atoms with van der Waals surface area (Å²) in [6.07, 6.45) is -1.30. The van der Waals surface area contributed by atoms with Gasteiger partial charge in [0.2, 0.25) is 0 Å². The molecular formula is C4H7F2. The van der Waals surface area contributed by atoms with Crippen LogP contribution < -0.4 is 0 Å². The third-order valence-electron chi connectivity index (χ3n) is 0.481. The predicted molar refractivity (Wildman–Crippen MR) is 20.8 cm³/mol. The maximum Gasteiger partial charge on any atom is 0.128 e. The maximum absolute atomic E-state index is 11.4. The first-order valence-electron chi connectivity index (χ1n) is 1.80. The summed E-state index contributed by atoms with van der Waals surface area (Å²) in [6, 6.07) is 0. The minimum Gasteiger partial charge on any atom is -0.248 e. The van der Waals surface area contributed by atoms with Crippen LogP contribution in [0.3, 0.4) is 0 Å². The van der Waals surface area contributed by atoms with E-state index in [0.717, 1.165) is 0 Å². The van der Waals surface area contributed by atoms with Gasteiger partial charge in [0.25, 0.3) is 0 Å². The van der Waals surface area contributed by atoms with Crippen molar-refractivity contribution in [3.05, 3.63) is 6.92 Å². The van der Waals surface area contributed by atoms with Gasteiger partial charge in [-0.25, -0.2) is 8.78 Å². The smallest absolute Gasteiger partial charge is 0.128 e. The zero-order chi connectivity index (χ0) is 4.99. The third kappa shape index (κ3) is 2.12. The summed E-state index contributed by atoms with van der Waals surface area (Å²) in [5, 5.41) is 0. The van der Waals surface area contributed by atoms with Gasteiger partial charge in [-0.1, -0.05) is 6.92 Å². The van der Waals surface area contributed by atoms with Crippen LogP contribution in [0.5, 0.6) is 0 Å². The summed E-state index contributed by atoms with van der Waals surface area (Å²) in [7, 11) is 0. The van der Waals surface area contributed by atoms with Crippen LogP contribution >= 0.6 is 0 Å². The molecule has 0 N–H and O–H groups in total. The number of rotatable bonds is 2. The number of hydrogen-bond donors (Lipinski definition) is 0. The molecule has 0 aromatic rings. The van der Waals surface area contributed by atoms with Crippen molar-refractivity contribution in [3.8, 4) is 0 Å². The highest BCUT2D eigenvalue weighted by atomic mass is 19.2. The van der Waals surface area contributed by atoms with Crippen LogP contribution in [-0.4, -0.2) is 12.8 Å². The van der Waals surface area contributed by atoms with E-state index in [4.69, 9.17) is 0 Å². The van der Waals surface area contributed by atoms with Gasteiger partial charge in [0.05, 0.1) is 0 Å². The van der Waals surface area contributed by atoms with Crippen molar-refractivity contribution in [3.63, 3.8) is 0 Å². The first kappa shape index (κ1) is 5.86. The van der Waals surface area contributed by atoms with Crippen LogP contribution in [-0.2, 0) is 0 Å². The second kappa shape index (κ2) is 3.07. The molecule has 6 heavy (non-hydrogen) atoms. The van der Waals surface area contributed by atoms with Crippen molar-refractivity contribution in [2.75, 3.05) is 6.67 Å². The molecule has 1 atom stereocenters. The molecule has 0 aliphatic carbocycles. The highest BCUT2D eigenvalue weighted by Crippen LogP contribution is 1.94. The molecule has 2 heteroatoms. The lowest BCUT2D eigenvalue weighted by Crippen LogP contribution is -1.97. The Morgan fingerprint density at radius 3 is 2.17 bits per heavy atom. The summed E-state index contributed by atoms with van der Waals surface area (Å²) in [5.74, 6) is 0. The highest BCUT2D eigenvalue weighted by molar-refractivity contribution is 4.52. The topological polar surface area (TPSA) is 0 Å². The van der Waals surface area contributed by atoms with Crippen molar-refractivity contribution < 1.29 is 8.78 Å². The summed E-state index contributed by atoms with van der Waals surface area (Å²) in [4.78, 5) is 0. The number of hydrogen-bond acceptors (Lipinski definition) is 0. The molecule has 1 unspecified atom stereocenters. The van der Waals surface area contributed by atoms with E-state index < -0.39 is 12.8 Å². The molecule has 0 fully saturated rings. The first-order chi connectivity index (χ1) is 2.81. The molecule has 0 aromatic carbocycles. The molecule has 37 valence electrons. The van der Waals surface area contributed by atoms with E-state index in [1.54, 1.807) is 0 Å². The second-order valence-electron chi connectivity index (χ2n) is 1.04. The van der Waals surface area contributed by atoms with Crippen LogP contribution in [0.4, 0.5) is 8.78 Å². The van der Waals surface area contributed by atoms with E-state index >= 15 is 0 Å². The molecule has 0 bridgehead atoms. The molecule has 0 nitrogen and oxygen atoms in total. The monoisotopic (exact) mass is 93.1 g/mol. The van der Waals surface area contributed by atoms with Crippen LogP contribution in [0, 0.1) is 6.92 Å².